The molecule has 0 saturated heterocycles. The Hall–Kier alpha value is -1.63. The van der Waals surface area contributed by atoms with Crippen LogP contribution in [0.3, 0.4) is 0 Å². The van der Waals surface area contributed by atoms with E-state index in [-0.39, 0.29) is 24.9 Å². The van der Waals surface area contributed by atoms with Crippen molar-refractivity contribution in [3.8, 4) is 0 Å². The number of nitrogens with one attached hydrogen (secondary N) is 1. The first-order chi connectivity index (χ1) is 9.81. The summed E-state index contributed by atoms with van der Waals surface area (Å²) >= 11 is 0. The number of carbonyl (C=O) groups excluding carboxylic acids is 2. The lowest BCUT2D eigenvalue weighted by Gasteiger charge is -2.25. The molecule has 0 aliphatic carbocycles. The van der Waals surface area contributed by atoms with Crippen molar-refractivity contribution in [2.24, 2.45) is 5.92 Å². The van der Waals surface area contributed by atoms with Gasteiger partial charge in [-0.05, 0) is 13.0 Å². The Kier molecular flexibility index (Phi) is 9.36. The van der Waals surface area contributed by atoms with Gasteiger partial charge < -0.3 is 15.3 Å². The molecule has 122 valence electrons. The molecular weight excluding hydrogens is 274 g/mol. The van der Waals surface area contributed by atoms with Crippen molar-refractivity contribution in [2.75, 3.05) is 39.8 Å². The number of aliphatic carboxylic acids is 1. The van der Waals surface area contributed by atoms with Gasteiger partial charge in [-0.2, -0.15) is 0 Å². The number of likely N-dealkylation sites (N-methyl/N-ethyl adjacent to an activating group) is 2. The highest BCUT2D eigenvalue weighted by atomic mass is 16.4. The van der Waals surface area contributed by atoms with Crippen molar-refractivity contribution < 1.29 is 19.5 Å². The lowest BCUT2D eigenvalue weighted by Crippen LogP contribution is -2.44. The van der Waals surface area contributed by atoms with Gasteiger partial charge in [-0.1, -0.05) is 20.8 Å². The lowest BCUT2D eigenvalue weighted by atomic mass is 10.1. The number of carbonyl (C=O) groups is 3. The Bertz CT molecular complexity index is 360. The SMILES string of the molecule is CCCNC(=O)CN(C)C(=O)CN(CC)CC(C)C(=O)O. The minimum Gasteiger partial charge on any atom is -0.481 e. The molecule has 0 aliphatic rings. The summed E-state index contributed by atoms with van der Waals surface area (Å²) in [6.07, 6.45) is 0.847. The number of rotatable bonds is 10. The van der Waals surface area contributed by atoms with E-state index < -0.39 is 11.9 Å². The third kappa shape index (κ3) is 8.29. The molecule has 0 bridgehead atoms. The zero-order valence-corrected chi connectivity index (χ0v) is 13.4. The van der Waals surface area contributed by atoms with Gasteiger partial charge in [0.25, 0.3) is 0 Å². The van der Waals surface area contributed by atoms with Gasteiger partial charge in [-0.25, -0.2) is 0 Å². The van der Waals surface area contributed by atoms with Crippen LogP contribution in [0.4, 0.5) is 0 Å². The summed E-state index contributed by atoms with van der Waals surface area (Å²) in [5.41, 5.74) is 0. The molecule has 1 atom stereocenters. The molecule has 0 fully saturated rings. The van der Waals surface area contributed by atoms with E-state index in [0.717, 1.165) is 6.42 Å². The predicted octanol–water partition coefficient (Wildman–Crippen LogP) is 0.0136. The average molecular weight is 301 g/mol. The van der Waals surface area contributed by atoms with Gasteiger partial charge in [-0.3, -0.25) is 19.3 Å². The molecule has 0 aromatic carbocycles. The van der Waals surface area contributed by atoms with E-state index in [9.17, 15) is 14.4 Å². The highest BCUT2D eigenvalue weighted by molar-refractivity contribution is 5.85. The van der Waals surface area contributed by atoms with Crippen molar-refractivity contribution in [3.05, 3.63) is 0 Å². The second-order valence-corrected chi connectivity index (χ2v) is 5.17. The summed E-state index contributed by atoms with van der Waals surface area (Å²) in [4.78, 5) is 37.5. The smallest absolute Gasteiger partial charge is 0.307 e. The number of nitrogens with zero attached hydrogens (tertiary/aromatic N) is 2. The molecule has 7 nitrogen and oxygen atoms in total. The molecule has 0 aromatic rings. The van der Waals surface area contributed by atoms with E-state index in [1.54, 1.807) is 18.9 Å². The summed E-state index contributed by atoms with van der Waals surface area (Å²) in [6, 6.07) is 0. The third-order valence-electron chi connectivity index (χ3n) is 3.14. The van der Waals surface area contributed by atoms with Crippen LogP contribution in [0, 0.1) is 5.92 Å². The predicted molar refractivity (Wildman–Crippen MR) is 79.9 cm³/mol. The van der Waals surface area contributed by atoms with Crippen LogP contribution in [0.5, 0.6) is 0 Å². The molecule has 0 heterocycles. The number of carboxylic acid groups (broad SMARTS) is 1. The number of carboxylic acids is 1. The first-order valence-electron chi connectivity index (χ1n) is 7.27. The Labute approximate surface area is 126 Å². The average Bonchev–Trinajstić information content (AvgIpc) is 2.43. The lowest BCUT2D eigenvalue weighted by molar-refractivity contribution is -0.142. The number of amides is 2. The van der Waals surface area contributed by atoms with Crippen LogP contribution in [-0.4, -0.2) is 72.5 Å². The Morgan fingerprint density at radius 2 is 1.81 bits per heavy atom. The van der Waals surface area contributed by atoms with Gasteiger partial charge in [0, 0.05) is 20.1 Å². The van der Waals surface area contributed by atoms with E-state index in [1.807, 2.05) is 13.8 Å². The van der Waals surface area contributed by atoms with Crippen molar-refractivity contribution >= 4 is 17.8 Å². The second kappa shape index (κ2) is 10.1. The van der Waals surface area contributed by atoms with E-state index in [4.69, 9.17) is 5.11 Å². The normalized spacial score (nSPS) is 12.0. The molecule has 0 aliphatic heterocycles. The fraction of sp³-hybridized carbons (Fsp3) is 0.786. The molecule has 0 aromatic heterocycles. The number of hydrogen-bond donors (Lipinski definition) is 2. The van der Waals surface area contributed by atoms with Crippen LogP contribution < -0.4 is 5.32 Å². The van der Waals surface area contributed by atoms with Crippen LogP contribution in [0.2, 0.25) is 0 Å². The van der Waals surface area contributed by atoms with Crippen LogP contribution in [0.15, 0.2) is 0 Å². The van der Waals surface area contributed by atoms with E-state index in [1.165, 1.54) is 4.90 Å². The topological polar surface area (TPSA) is 90.0 Å². The van der Waals surface area contributed by atoms with Gasteiger partial charge in [0.15, 0.2) is 0 Å². The monoisotopic (exact) mass is 301 g/mol. The molecule has 0 spiro atoms. The Morgan fingerprint density at radius 3 is 2.29 bits per heavy atom. The first kappa shape index (κ1) is 19.4. The molecule has 0 saturated carbocycles. The van der Waals surface area contributed by atoms with E-state index in [2.05, 4.69) is 5.32 Å². The molecule has 21 heavy (non-hydrogen) atoms. The van der Waals surface area contributed by atoms with Gasteiger partial charge >= 0.3 is 5.97 Å². The molecule has 7 heteroatoms. The summed E-state index contributed by atoms with van der Waals surface area (Å²) in [5.74, 6) is -1.79. The highest BCUT2D eigenvalue weighted by Crippen LogP contribution is 2.01. The third-order valence-corrected chi connectivity index (χ3v) is 3.14. The highest BCUT2D eigenvalue weighted by Gasteiger charge is 2.19. The maximum absolute atomic E-state index is 12.0. The minimum absolute atomic E-state index is 0.0187. The molecule has 2 amide bonds. The van der Waals surface area contributed by atoms with Crippen LogP contribution >= 0.6 is 0 Å². The van der Waals surface area contributed by atoms with Gasteiger partial charge in [0.1, 0.15) is 0 Å². The van der Waals surface area contributed by atoms with Gasteiger partial charge in [0.2, 0.25) is 11.8 Å². The quantitative estimate of drug-likeness (QED) is 0.593. The fourth-order valence-corrected chi connectivity index (χ4v) is 1.71. The molecule has 0 rings (SSSR count). The first-order valence-corrected chi connectivity index (χ1v) is 7.27. The summed E-state index contributed by atoms with van der Waals surface area (Å²) < 4.78 is 0. The number of hydrogen-bond acceptors (Lipinski definition) is 4. The summed E-state index contributed by atoms with van der Waals surface area (Å²) in [7, 11) is 1.57. The van der Waals surface area contributed by atoms with Crippen molar-refractivity contribution in [1.82, 2.24) is 15.1 Å². The maximum Gasteiger partial charge on any atom is 0.307 e. The van der Waals surface area contributed by atoms with Gasteiger partial charge in [0.05, 0.1) is 19.0 Å². The van der Waals surface area contributed by atoms with Crippen molar-refractivity contribution in [1.29, 1.82) is 0 Å². The van der Waals surface area contributed by atoms with Crippen molar-refractivity contribution in [3.63, 3.8) is 0 Å². The van der Waals surface area contributed by atoms with Gasteiger partial charge in [-0.15, -0.1) is 0 Å². The Morgan fingerprint density at radius 1 is 1.19 bits per heavy atom. The minimum atomic E-state index is -0.881. The van der Waals surface area contributed by atoms with E-state index in [0.29, 0.717) is 19.6 Å². The van der Waals surface area contributed by atoms with Crippen LogP contribution in [0.1, 0.15) is 27.2 Å². The summed E-state index contributed by atoms with van der Waals surface area (Å²) in [5, 5.41) is 11.6. The largest absolute Gasteiger partial charge is 0.481 e. The zero-order valence-electron chi connectivity index (χ0n) is 13.4. The standard InChI is InChI=1S/C14H27N3O4/c1-5-7-15-12(18)9-16(4)13(19)10-17(6-2)8-11(3)14(20)21/h11H,5-10H2,1-4H3,(H,15,18)(H,20,21). The molecule has 2 N–H and O–H groups in total. The molecule has 1 unspecified atom stereocenters. The van der Waals surface area contributed by atoms with Crippen LogP contribution in [-0.2, 0) is 14.4 Å². The molecule has 0 radical (unpaired) electrons. The Balaban J connectivity index is 4.30. The second-order valence-electron chi connectivity index (χ2n) is 5.17. The van der Waals surface area contributed by atoms with Crippen LogP contribution in [0.25, 0.3) is 0 Å². The fourth-order valence-electron chi connectivity index (χ4n) is 1.71. The zero-order chi connectivity index (χ0) is 16.4. The van der Waals surface area contributed by atoms with E-state index >= 15 is 0 Å². The maximum atomic E-state index is 12.0. The van der Waals surface area contributed by atoms with Crippen molar-refractivity contribution in [2.45, 2.75) is 27.2 Å². The summed E-state index contributed by atoms with van der Waals surface area (Å²) in [6.45, 7) is 7.06. The molecular formula is C14H27N3O4.